The zero-order valence-electron chi connectivity index (χ0n) is 7.76. The molecule has 4 aliphatic rings. The molecule has 0 aliphatic carbocycles. The van der Waals surface area contributed by atoms with E-state index in [2.05, 4.69) is 19.6 Å². The summed E-state index contributed by atoms with van der Waals surface area (Å²) in [5.41, 5.74) is 0. The SMILES string of the molecule is OCCC1N2CN3CN(C2)CN1C3. The molecule has 1 N–H and O–H groups in total. The van der Waals surface area contributed by atoms with Crippen molar-refractivity contribution in [3.05, 3.63) is 0 Å². The summed E-state index contributed by atoms with van der Waals surface area (Å²) in [5.74, 6) is 0. The van der Waals surface area contributed by atoms with Crippen molar-refractivity contribution in [3.63, 3.8) is 0 Å². The van der Waals surface area contributed by atoms with Gasteiger partial charge in [0.05, 0.1) is 39.5 Å². The van der Waals surface area contributed by atoms with E-state index in [1.807, 2.05) is 0 Å². The highest BCUT2D eigenvalue weighted by Gasteiger charge is 2.42. The van der Waals surface area contributed by atoms with Crippen LogP contribution in [0.1, 0.15) is 6.42 Å². The van der Waals surface area contributed by atoms with E-state index in [1.54, 1.807) is 0 Å². The van der Waals surface area contributed by atoms with Crippen LogP contribution in [0.25, 0.3) is 0 Å². The Kier molecular flexibility index (Phi) is 1.81. The number of aliphatic hydroxyl groups is 1. The van der Waals surface area contributed by atoms with Crippen LogP contribution in [-0.2, 0) is 0 Å². The molecular formula is C8H16N4O. The highest BCUT2D eigenvalue weighted by atomic mass is 16.3. The molecule has 4 bridgehead atoms. The molecule has 0 aromatic rings. The smallest absolute Gasteiger partial charge is 0.0689 e. The minimum absolute atomic E-state index is 0.303. The van der Waals surface area contributed by atoms with Crippen LogP contribution >= 0.6 is 0 Å². The first-order valence-electron chi connectivity index (χ1n) is 4.90. The molecule has 0 saturated carbocycles. The Hall–Kier alpha value is -0.200. The summed E-state index contributed by atoms with van der Waals surface area (Å²) in [4.78, 5) is 9.74. The molecular weight excluding hydrogens is 168 g/mol. The van der Waals surface area contributed by atoms with Crippen LogP contribution in [0.15, 0.2) is 0 Å². The zero-order chi connectivity index (χ0) is 8.84. The Morgan fingerprint density at radius 1 is 0.923 bits per heavy atom. The Labute approximate surface area is 78.1 Å². The third-order valence-corrected chi connectivity index (χ3v) is 3.16. The normalized spacial score (nSPS) is 52.8. The van der Waals surface area contributed by atoms with Crippen molar-refractivity contribution in [1.82, 2.24) is 19.6 Å². The maximum atomic E-state index is 8.97. The number of hydrogen-bond donors (Lipinski definition) is 1. The van der Waals surface area contributed by atoms with Gasteiger partial charge in [-0.25, -0.2) is 0 Å². The molecule has 0 amide bonds. The maximum Gasteiger partial charge on any atom is 0.0689 e. The highest BCUT2D eigenvalue weighted by molar-refractivity contribution is 4.87. The van der Waals surface area contributed by atoms with Crippen LogP contribution in [0.5, 0.6) is 0 Å². The summed E-state index contributed by atoms with van der Waals surface area (Å²) < 4.78 is 0. The predicted octanol–water partition coefficient (Wildman–Crippen LogP) is -1.27. The molecule has 4 rings (SSSR count). The van der Waals surface area contributed by atoms with E-state index >= 15 is 0 Å². The van der Waals surface area contributed by atoms with Gasteiger partial charge in [0.25, 0.3) is 0 Å². The van der Waals surface area contributed by atoms with Crippen molar-refractivity contribution in [3.8, 4) is 0 Å². The molecule has 0 atom stereocenters. The van der Waals surface area contributed by atoms with E-state index in [-0.39, 0.29) is 0 Å². The van der Waals surface area contributed by atoms with Crippen molar-refractivity contribution in [2.45, 2.75) is 12.6 Å². The minimum Gasteiger partial charge on any atom is -0.396 e. The van der Waals surface area contributed by atoms with Gasteiger partial charge >= 0.3 is 0 Å². The van der Waals surface area contributed by atoms with Crippen LogP contribution in [0.2, 0.25) is 0 Å². The molecule has 5 nitrogen and oxygen atoms in total. The first-order chi connectivity index (χ1) is 6.36. The summed E-state index contributed by atoms with van der Waals surface area (Å²) in [7, 11) is 0. The van der Waals surface area contributed by atoms with Gasteiger partial charge in [-0.2, -0.15) is 0 Å². The lowest BCUT2D eigenvalue weighted by atomic mass is 10.2. The second kappa shape index (κ2) is 2.90. The van der Waals surface area contributed by atoms with Gasteiger partial charge in [-0.3, -0.25) is 19.6 Å². The molecule has 4 fully saturated rings. The summed E-state index contributed by atoms with van der Waals surface area (Å²) in [6.45, 7) is 5.75. The van der Waals surface area contributed by atoms with Crippen LogP contribution in [0.3, 0.4) is 0 Å². The molecule has 4 heterocycles. The van der Waals surface area contributed by atoms with E-state index in [1.165, 1.54) is 0 Å². The van der Waals surface area contributed by atoms with Crippen molar-refractivity contribution in [2.24, 2.45) is 0 Å². The van der Waals surface area contributed by atoms with Crippen LogP contribution in [0.4, 0.5) is 0 Å². The van der Waals surface area contributed by atoms with Crippen molar-refractivity contribution < 1.29 is 5.11 Å². The van der Waals surface area contributed by atoms with Crippen molar-refractivity contribution in [2.75, 3.05) is 40.0 Å². The van der Waals surface area contributed by atoms with Crippen LogP contribution in [-0.4, -0.2) is 70.8 Å². The molecule has 0 radical (unpaired) electrons. The van der Waals surface area contributed by atoms with E-state index in [0.29, 0.717) is 12.8 Å². The number of hydrogen-bond acceptors (Lipinski definition) is 5. The first kappa shape index (κ1) is 8.14. The van der Waals surface area contributed by atoms with Gasteiger partial charge in [-0.05, 0) is 6.42 Å². The lowest BCUT2D eigenvalue weighted by molar-refractivity contribution is -0.233. The summed E-state index contributed by atoms with van der Waals surface area (Å²) >= 11 is 0. The standard InChI is InChI=1S/C8H16N4O/c13-2-1-8-11-4-9-3-10(6-11)7-12(8)5-9/h8,13H,1-7H2. The second-order valence-corrected chi connectivity index (χ2v) is 4.22. The predicted molar refractivity (Wildman–Crippen MR) is 47.2 cm³/mol. The lowest BCUT2D eigenvalue weighted by Crippen LogP contribution is -2.75. The van der Waals surface area contributed by atoms with Gasteiger partial charge in [0, 0.05) is 6.61 Å². The highest BCUT2D eigenvalue weighted by Crippen LogP contribution is 2.27. The molecule has 4 aliphatic heterocycles. The van der Waals surface area contributed by atoms with Gasteiger partial charge in [-0.1, -0.05) is 0 Å². The molecule has 0 spiro atoms. The Morgan fingerprint density at radius 3 is 1.92 bits per heavy atom. The van der Waals surface area contributed by atoms with E-state index in [0.717, 1.165) is 39.8 Å². The average Bonchev–Trinajstić information content (AvgIpc) is 2.10. The summed E-state index contributed by atoms with van der Waals surface area (Å²) in [6.07, 6.45) is 1.37. The number of nitrogens with zero attached hydrogens (tertiary/aromatic N) is 4. The first-order valence-corrected chi connectivity index (χ1v) is 4.90. The third-order valence-electron chi connectivity index (χ3n) is 3.16. The van der Waals surface area contributed by atoms with Gasteiger partial charge in [0.15, 0.2) is 0 Å². The summed E-state index contributed by atoms with van der Waals surface area (Å²) in [5, 5.41) is 8.97. The quantitative estimate of drug-likeness (QED) is 0.579. The fourth-order valence-corrected chi connectivity index (χ4v) is 2.76. The lowest BCUT2D eigenvalue weighted by Gasteiger charge is -2.60. The topological polar surface area (TPSA) is 33.2 Å². The van der Waals surface area contributed by atoms with Gasteiger partial charge in [0.1, 0.15) is 0 Å². The molecule has 4 saturated heterocycles. The fraction of sp³-hybridized carbons (Fsp3) is 1.00. The van der Waals surface area contributed by atoms with E-state index < -0.39 is 0 Å². The molecule has 74 valence electrons. The van der Waals surface area contributed by atoms with Gasteiger partial charge in [0.2, 0.25) is 0 Å². The van der Waals surface area contributed by atoms with Crippen molar-refractivity contribution in [1.29, 1.82) is 0 Å². The molecule has 0 unspecified atom stereocenters. The Morgan fingerprint density at radius 2 is 1.46 bits per heavy atom. The summed E-state index contributed by atoms with van der Waals surface area (Å²) in [6, 6.07) is 0. The molecule has 13 heavy (non-hydrogen) atoms. The average molecular weight is 184 g/mol. The second-order valence-electron chi connectivity index (χ2n) is 4.22. The van der Waals surface area contributed by atoms with E-state index in [9.17, 15) is 0 Å². The Balaban J connectivity index is 1.77. The Bertz CT molecular complexity index is 182. The van der Waals surface area contributed by atoms with Crippen molar-refractivity contribution >= 4 is 0 Å². The fourth-order valence-electron chi connectivity index (χ4n) is 2.76. The van der Waals surface area contributed by atoms with Crippen LogP contribution < -0.4 is 0 Å². The van der Waals surface area contributed by atoms with Gasteiger partial charge < -0.3 is 5.11 Å². The maximum absolute atomic E-state index is 8.97. The third kappa shape index (κ3) is 1.19. The molecule has 0 aromatic heterocycles. The minimum atomic E-state index is 0.303. The van der Waals surface area contributed by atoms with Crippen LogP contribution in [0, 0.1) is 0 Å². The molecule has 0 aromatic carbocycles. The largest absolute Gasteiger partial charge is 0.396 e. The molecule has 5 heteroatoms. The zero-order valence-corrected chi connectivity index (χ0v) is 7.76. The monoisotopic (exact) mass is 184 g/mol. The number of aliphatic hydroxyl groups excluding tert-OH is 1. The van der Waals surface area contributed by atoms with E-state index in [4.69, 9.17) is 5.11 Å². The number of rotatable bonds is 2. The van der Waals surface area contributed by atoms with Gasteiger partial charge in [-0.15, -0.1) is 0 Å².